The zero-order valence-corrected chi connectivity index (χ0v) is 24.0. The second-order valence-corrected chi connectivity index (χ2v) is 11.7. The second-order valence-electron chi connectivity index (χ2n) is 11.7. The van der Waals surface area contributed by atoms with Gasteiger partial charge in [-0.1, -0.05) is 5.11 Å². The average molecular weight is 542 g/mol. The van der Waals surface area contributed by atoms with Crippen LogP contribution >= 0.6 is 0 Å². The number of carbonyl (C=O) groups is 5. The third-order valence-corrected chi connectivity index (χ3v) is 4.22. The standard InChI is InChI=1S/C25H43N5O8/c1-23(2,3)36-20(33)13-12-16(21(34)37-24(4,5)6)28-19(32)15-17(22(35)38-25(7,8)9)29-18(31)11-10-14-27-30-26/h16-17H,10-15H2,1-9H3,(H,28,32)(H,29,31)/t16-,17-/m0/s1. The number of ether oxygens (including phenoxy) is 3. The van der Waals surface area contributed by atoms with Gasteiger partial charge in [0, 0.05) is 24.3 Å². The summed E-state index contributed by atoms with van der Waals surface area (Å²) >= 11 is 0. The quantitative estimate of drug-likeness (QED) is 0.0888. The van der Waals surface area contributed by atoms with E-state index in [4.69, 9.17) is 19.7 Å². The second kappa shape index (κ2) is 15.2. The van der Waals surface area contributed by atoms with Crippen LogP contribution in [0.4, 0.5) is 0 Å². The maximum absolute atomic E-state index is 12.9. The van der Waals surface area contributed by atoms with Crippen molar-refractivity contribution in [2.45, 2.75) is 123 Å². The monoisotopic (exact) mass is 541 g/mol. The van der Waals surface area contributed by atoms with Crippen molar-refractivity contribution in [1.82, 2.24) is 10.6 Å². The van der Waals surface area contributed by atoms with Gasteiger partial charge in [-0.2, -0.15) is 0 Å². The van der Waals surface area contributed by atoms with Gasteiger partial charge in [0.15, 0.2) is 0 Å². The molecule has 2 atom stereocenters. The van der Waals surface area contributed by atoms with Crippen molar-refractivity contribution < 1.29 is 38.2 Å². The third kappa shape index (κ3) is 18.0. The van der Waals surface area contributed by atoms with Crippen molar-refractivity contribution in [3.63, 3.8) is 0 Å². The van der Waals surface area contributed by atoms with E-state index in [-0.39, 0.29) is 32.2 Å². The molecule has 13 heteroatoms. The summed E-state index contributed by atoms with van der Waals surface area (Å²) in [4.78, 5) is 65.5. The number of rotatable bonds is 13. The van der Waals surface area contributed by atoms with Crippen LogP contribution in [0.2, 0.25) is 0 Å². The predicted octanol–water partition coefficient (Wildman–Crippen LogP) is 3.24. The highest BCUT2D eigenvalue weighted by atomic mass is 16.6. The summed E-state index contributed by atoms with van der Waals surface area (Å²) in [5.41, 5.74) is 5.88. The SMILES string of the molecule is CC(C)(C)OC(=O)CC[C@H](NC(=O)C[C@H](NC(=O)CCCN=[N+]=[N-])C(=O)OC(C)(C)C)C(=O)OC(C)(C)C. The van der Waals surface area contributed by atoms with Gasteiger partial charge in [-0.05, 0) is 80.7 Å². The van der Waals surface area contributed by atoms with Gasteiger partial charge in [0.1, 0.15) is 28.9 Å². The molecule has 0 heterocycles. The molecule has 0 saturated carbocycles. The molecule has 0 saturated heterocycles. The topological polar surface area (TPSA) is 186 Å². The first-order valence-corrected chi connectivity index (χ1v) is 12.5. The maximum atomic E-state index is 12.9. The van der Waals surface area contributed by atoms with Crippen LogP contribution in [-0.2, 0) is 38.2 Å². The summed E-state index contributed by atoms with van der Waals surface area (Å²) in [6, 6.07) is -2.54. The van der Waals surface area contributed by atoms with Gasteiger partial charge in [0.2, 0.25) is 11.8 Å². The van der Waals surface area contributed by atoms with Crippen molar-refractivity contribution in [3.05, 3.63) is 10.4 Å². The van der Waals surface area contributed by atoms with Gasteiger partial charge < -0.3 is 24.8 Å². The number of nitrogens with zero attached hydrogens (tertiary/aromatic N) is 3. The number of nitrogens with one attached hydrogen (secondary N) is 2. The number of hydrogen-bond donors (Lipinski definition) is 2. The number of hydrogen-bond acceptors (Lipinski definition) is 9. The molecule has 0 spiro atoms. The highest BCUT2D eigenvalue weighted by Crippen LogP contribution is 2.15. The Morgan fingerprint density at radius 3 is 1.68 bits per heavy atom. The fourth-order valence-corrected chi connectivity index (χ4v) is 2.90. The van der Waals surface area contributed by atoms with Crippen LogP contribution in [0.15, 0.2) is 5.11 Å². The molecule has 0 radical (unpaired) electrons. The normalized spacial score (nSPS) is 13.3. The minimum absolute atomic E-state index is 0.0453. The van der Waals surface area contributed by atoms with Crippen molar-refractivity contribution in [3.8, 4) is 0 Å². The van der Waals surface area contributed by atoms with E-state index in [9.17, 15) is 24.0 Å². The summed E-state index contributed by atoms with van der Waals surface area (Å²) in [5.74, 6) is -3.44. The van der Waals surface area contributed by atoms with Crippen LogP contribution in [0.25, 0.3) is 10.4 Å². The summed E-state index contributed by atoms with van der Waals surface area (Å²) in [7, 11) is 0. The first-order chi connectivity index (χ1) is 17.2. The van der Waals surface area contributed by atoms with E-state index in [0.717, 1.165) is 0 Å². The molecule has 0 aliphatic heterocycles. The van der Waals surface area contributed by atoms with Gasteiger partial charge in [-0.15, -0.1) is 0 Å². The number of esters is 3. The molecule has 0 unspecified atom stereocenters. The fraction of sp³-hybridized carbons (Fsp3) is 0.800. The van der Waals surface area contributed by atoms with Crippen LogP contribution in [0.1, 0.15) is 94.4 Å². The lowest BCUT2D eigenvalue weighted by molar-refractivity contribution is -0.160. The lowest BCUT2D eigenvalue weighted by Gasteiger charge is -2.26. The molecule has 38 heavy (non-hydrogen) atoms. The summed E-state index contributed by atoms with van der Waals surface area (Å²) in [6.07, 6.45) is -0.592. The highest BCUT2D eigenvalue weighted by Gasteiger charge is 2.32. The lowest BCUT2D eigenvalue weighted by atomic mass is 10.1. The molecule has 2 amide bonds. The molecular weight excluding hydrogens is 498 g/mol. The summed E-state index contributed by atoms with van der Waals surface area (Å²) in [6.45, 7) is 15.1. The van der Waals surface area contributed by atoms with E-state index in [2.05, 4.69) is 20.7 Å². The average Bonchev–Trinajstić information content (AvgIpc) is 2.69. The van der Waals surface area contributed by atoms with Crippen LogP contribution in [0.5, 0.6) is 0 Å². The zero-order valence-electron chi connectivity index (χ0n) is 24.0. The van der Waals surface area contributed by atoms with Gasteiger partial charge in [0.05, 0.1) is 6.42 Å². The Hall–Kier alpha value is -3.34. The first kappa shape index (κ1) is 34.7. The number of carbonyl (C=O) groups excluding carboxylic acids is 5. The smallest absolute Gasteiger partial charge is 0.329 e. The molecule has 216 valence electrons. The molecular formula is C25H43N5O8. The third-order valence-electron chi connectivity index (χ3n) is 4.22. The molecule has 0 bridgehead atoms. The van der Waals surface area contributed by atoms with Gasteiger partial charge in [-0.3, -0.25) is 14.4 Å². The largest absolute Gasteiger partial charge is 0.460 e. The zero-order chi connectivity index (χ0) is 29.7. The molecule has 0 aliphatic rings. The van der Waals surface area contributed by atoms with E-state index in [1.807, 2.05) is 0 Å². The minimum Gasteiger partial charge on any atom is -0.460 e. The number of azide groups is 1. The van der Waals surface area contributed by atoms with Crippen molar-refractivity contribution in [1.29, 1.82) is 0 Å². The van der Waals surface area contributed by atoms with Crippen molar-refractivity contribution >= 4 is 29.7 Å². The summed E-state index contributed by atoms with van der Waals surface area (Å²) < 4.78 is 16.0. The highest BCUT2D eigenvalue weighted by molar-refractivity contribution is 5.91. The van der Waals surface area contributed by atoms with Crippen molar-refractivity contribution in [2.24, 2.45) is 5.11 Å². The van der Waals surface area contributed by atoms with E-state index < -0.39 is 65.0 Å². The van der Waals surface area contributed by atoms with Gasteiger partial charge in [-0.25, -0.2) is 9.59 Å². The lowest BCUT2D eigenvalue weighted by Crippen LogP contribution is -2.50. The Morgan fingerprint density at radius 2 is 1.21 bits per heavy atom. The Kier molecular flexibility index (Phi) is 13.8. The number of amides is 2. The minimum atomic E-state index is -1.34. The van der Waals surface area contributed by atoms with E-state index in [1.54, 1.807) is 62.3 Å². The molecule has 0 rings (SSSR count). The molecule has 0 aromatic heterocycles. The first-order valence-electron chi connectivity index (χ1n) is 12.5. The Balaban J connectivity index is 5.56. The van der Waals surface area contributed by atoms with E-state index in [1.165, 1.54) is 0 Å². The Labute approximate surface area is 224 Å². The fourth-order valence-electron chi connectivity index (χ4n) is 2.90. The van der Waals surface area contributed by atoms with Crippen LogP contribution in [0, 0.1) is 0 Å². The molecule has 0 aliphatic carbocycles. The molecule has 0 aromatic rings. The van der Waals surface area contributed by atoms with E-state index >= 15 is 0 Å². The molecule has 2 N–H and O–H groups in total. The molecule has 13 nitrogen and oxygen atoms in total. The Bertz CT molecular complexity index is 893. The molecule has 0 fully saturated rings. The Morgan fingerprint density at radius 1 is 0.737 bits per heavy atom. The molecule has 0 aromatic carbocycles. The summed E-state index contributed by atoms with van der Waals surface area (Å²) in [5, 5.41) is 8.31. The maximum Gasteiger partial charge on any atom is 0.329 e. The van der Waals surface area contributed by atoms with Crippen molar-refractivity contribution in [2.75, 3.05) is 6.54 Å². The van der Waals surface area contributed by atoms with E-state index in [0.29, 0.717) is 0 Å². The van der Waals surface area contributed by atoms with Crippen LogP contribution in [-0.4, -0.2) is 65.2 Å². The van der Waals surface area contributed by atoms with Crippen LogP contribution in [0.3, 0.4) is 0 Å². The van der Waals surface area contributed by atoms with Crippen LogP contribution < -0.4 is 10.6 Å². The van der Waals surface area contributed by atoms with Gasteiger partial charge in [0.25, 0.3) is 0 Å². The predicted molar refractivity (Wildman–Crippen MR) is 138 cm³/mol. The van der Waals surface area contributed by atoms with Gasteiger partial charge >= 0.3 is 17.9 Å².